The lowest BCUT2D eigenvalue weighted by Gasteiger charge is -2.32. The molecule has 0 aromatic rings. The zero-order valence-corrected chi connectivity index (χ0v) is 16.4. The van der Waals surface area contributed by atoms with Crippen molar-refractivity contribution in [3.05, 3.63) is 0 Å². The summed E-state index contributed by atoms with van der Waals surface area (Å²) in [6, 6.07) is 0.848. The second kappa shape index (κ2) is 18.0. The zero-order chi connectivity index (χ0) is 16.5. The van der Waals surface area contributed by atoms with Gasteiger partial charge < -0.3 is 4.90 Å². The average molecular weight is 300 g/mol. The molecular formula is C20H45N. The molecule has 130 valence electrons. The summed E-state index contributed by atoms with van der Waals surface area (Å²) >= 11 is 0. The standard InChI is InChI=1S/C18H39N.C2H6/c1-6-10-11-13-18(12-7-2)19(15-8-3)16-14-17(5)9-4;1-2/h17-18H,6-16H2,1-5H3;1-2H3. The quantitative estimate of drug-likeness (QED) is 0.334. The number of unbranched alkanes of at least 4 members (excludes halogenated alkanes) is 2. The van der Waals surface area contributed by atoms with E-state index >= 15 is 0 Å². The summed E-state index contributed by atoms with van der Waals surface area (Å²) in [5.74, 6) is 0.886. The van der Waals surface area contributed by atoms with Crippen molar-refractivity contribution in [2.24, 2.45) is 5.92 Å². The summed E-state index contributed by atoms with van der Waals surface area (Å²) in [5.41, 5.74) is 0. The van der Waals surface area contributed by atoms with Crippen molar-refractivity contribution in [1.82, 2.24) is 4.90 Å². The van der Waals surface area contributed by atoms with Crippen molar-refractivity contribution in [2.75, 3.05) is 13.1 Å². The number of hydrogen-bond acceptors (Lipinski definition) is 1. The van der Waals surface area contributed by atoms with Crippen LogP contribution in [0.15, 0.2) is 0 Å². The van der Waals surface area contributed by atoms with Gasteiger partial charge in [0.2, 0.25) is 0 Å². The van der Waals surface area contributed by atoms with Crippen LogP contribution < -0.4 is 0 Å². The molecular weight excluding hydrogens is 254 g/mol. The predicted octanol–water partition coefficient (Wildman–Crippen LogP) is 6.91. The van der Waals surface area contributed by atoms with Crippen LogP contribution in [0, 0.1) is 5.92 Å². The maximum absolute atomic E-state index is 2.80. The topological polar surface area (TPSA) is 3.24 Å². The van der Waals surface area contributed by atoms with E-state index in [2.05, 4.69) is 39.5 Å². The van der Waals surface area contributed by atoms with E-state index in [9.17, 15) is 0 Å². The van der Waals surface area contributed by atoms with E-state index in [1.54, 1.807) is 0 Å². The molecule has 0 N–H and O–H groups in total. The Morgan fingerprint density at radius 2 is 1.38 bits per heavy atom. The van der Waals surface area contributed by atoms with Gasteiger partial charge in [-0.2, -0.15) is 0 Å². The first-order valence-corrected chi connectivity index (χ1v) is 9.93. The summed E-state index contributed by atoms with van der Waals surface area (Å²) in [7, 11) is 0. The third-order valence-electron chi connectivity index (χ3n) is 4.40. The van der Waals surface area contributed by atoms with Gasteiger partial charge in [-0.25, -0.2) is 0 Å². The third kappa shape index (κ3) is 13.4. The van der Waals surface area contributed by atoms with Gasteiger partial charge in [-0.1, -0.05) is 80.6 Å². The molecule has 0 spiro atoms. The molecule has 0 aliphatic heterocycles. The SMILES string of the molecule is CC.CCCCCC(CCC)N(CCC)CCC(C)CC. The van der Waals surface area contributed by atoms with Gasteiger partial charge in [0, 0.05) is 6.04 Å². The fourth-order valence-corrected chi connectivity index (χ4v) is 2.83. The van der Waals surface area contributed by atoms with Crippen LogP contribution in [0.1, 0.15) is 106 Å². The van der Waals surface area contributed by atoms with E-state index in [0.29, 0.717) is 0 Å². The Morgan fingerprint density at radius 1 is 0.714 bits per heavy atom. The highest BCUT2D eigenvalue weighted by Gasteiger charge is 2.17. The molecule has 2 unspecified atom stereocenters. The van der Waals surface area contributed by atoms with Gasteiger partial charge in [-0.05, 0) is 44.7 Å². The maximum Gasteiger partial charge on any atom is 0.00951 e. The van der Waals surface area contributed by atoms with E-state index in [-0.39, 0.29) is 0 Å². The molecule has 0 saturated carbocycles. The van der Waals surface area contributed by atoms with Crippen molar-refractivity contribution in [1.29, 1.82) is 0 Å². The van der Waals surface area contributed by atoms with Crippen LogP contribution in [0.2, 0.25) is 0 Å². The van der Waals surface area contributed by atoms with E-state index in [0.717, 1.165) is 12.0 Å². The number of rotatable bonds is 13. The highest BCUT2D eigenvalue weighted by atomic mass is 15.1. The second-order valence-corrected chi connectivity index (χ2v) is 6.28. The van der Waals surface area contributed by atoms with Crippen molar-refractivity contribution in [2.45, 2.75) is 112 Å². The van der Waals surface area contributed by atoms with Crippen LogP contribution in [-0.2, 0) is 0 Å². The molecule has 0 amide bonds. The van der Waals surface area contributed by atoms with Gasteiger partial charge >= 0.3 is 0 Å². The van der Waals surface area contributed by atoms with Crippen LogP contribution in [0.25, 0.3) is 0 Å². The monoisotopic (exact) mass is 299 g/mol. The second-order valence-electron chi connectivity index (χ2n) is 6.28. The number of hydrogen-bond donors (Lipinski definition) is 0. The molecule has 0 aliphatic rings. The Bertz CT molecular complexity index is 179. The minimum Gasteiger partial charge on any atom is -0.300 e. The predicted molar refractivity (Wildman–Crippen MR) is 100 cm³/mol. The molecule has 2 atom stereocenters. The van der Waals surface area contributed by atoms with E-state index in [1.807, 2.05) is 13.8 Å². The van der Waals surface area contributed by atoms with Crippen LogP contribution >= 0.6 is 0 Å². The van der Waals surface area contributed by atoms with E-state index < -0.39 is 0 Å². The lowest BCUT2D eigenvalue weighted by atomic mass is 9.99. The first kappa shape index (κ1) is 23.2. The molecule has 1 nitrogen and oxygen atoms in total. The van der Waals surface area contributed by atoms with Crippen molar-refractivity contribution < 1.29 is 0 Å². The smallest absolute Gasteiger partial charge is 0.00951 e. The molecule has 0 fully saturated rings. The summed E-state index contributed by atoms with van der Waals surface area (Å²) < 4.78 is 0. The molecule has 0 aliphatic carbocycles. The minimum absolute atomic E-state index is 0.848. The third-order valence-corrected chi connectivity index (χ3v) is 4.40. The summed E-state index contributed by atoms with van der Waals surface area (Å²) in [6.07, 6.45) is 12.3. The first-order valence-electron chi connectivity index (χ1n) is 9.93. The number of nitrogens with zero attached hydrogens (tertiary/aromatic N) is 1. The Balaban J connectivity index is 0. The van der Waals surface area contributed by atoms with E-state index in [1.165, 1.54) is 70.9 Å². The highest BCUT2D eigenvalue weighted by Crippen LogP contribution is 2.18. The van der Waals surface area contributed by atoms with Gasteiger partial charge in [0.1, 0.15) is 0 Å². The summed E-state index contributed by atoms with van der Waals surface area (Å²) in [6.45, 7) is 18.3. The highest BCUT2D eigenvalue weighted by molar-refractivity contribution is 4.72. The van der Waals surface area contributed by atoms with Crippen LogP contribution in [0.3, 0.4) is 0 Å². The van der Waals surface area contributed by atoms with Crippen molar-refractivity contribution >= 4 is 0 Å². The maximum atomic E-state index is 2.80. The van der Waals surface area contributed by atoms with Gasteiger partial charge in [-0.3, -0.25) is 0 Å². The fourth-order valence-electron chi connectivity index (χ4n) is 2.83. The molecule has 0 rings (SSSR count). The molecule has 0 aromatic carbocycles. The first-order chi connectivity index (χ1) is 10.2. The van der Waals surface area contributed by atoms with Crippen LogP contribution in [-0.4, -0.2) is 24.0 Å². The molecule has 0 aromatic heterocycles. The zero-order valence-electron chi connectivity index (χ0n) is 16.4. The van der Waals surface area contributed by atoms with Crippen LogP contribution in [0.5, 0.6) is 0 Å². The molecule has 0 heterocycles. The normalized spacial score (nSPS) is 13.7. The minimum atomic E-state index is 0.848. The fraction of sp³-hybridized carbons (Fsp3) is 1.00. The summed E-state index contributed by atoms with van der Waals surface area (Å²) in [4.78, 5) is 2.80. The molecule has 21 heavy (non-hydrogen) atoms. The van der Waals surface area contributed by atoms with Gasteiger partial charge in [0.15, 0.2) is 0 Å². The molecule has 0 saturated heterocycles. The van der Waals surface area contributed by atoms with Crippen LogP contribution in [0.4, 0.5) is 0 Å². The lowest BCUT2D eigenvalue weighted by molar-refractivity contribution is 0.162. The molecule has 0 radical (unpaired) electrons. The van der Waals surface area contributed by atoms with Gasteiger partial charge in [0.05, 0.1) is 0 Å². The Hall–Kier alpha value is -0.0400. The van der Waals surface area contributed by atoms with E-state index in [4.69, 9.17) is 0 Å². The largest absolute Gasteiger partial charge is 0.300 e. The average Bonchev–Trinajstić information content (AvgIpc) is 2.52. The molecule has 0 bridgehead atoms. The molecule has 1 heteroatoms. The Kier molecular flexibility index (Phi) is 19.9. The van der Waals surface area contributed by atoms with Crippen molar-refractivity contribution in [3.63, 3.8) is 0 Å². The van der Waals surface area contributed by atoms with Gasteiger partial charge in [0.25, 0.3) is 0 Å². The lowest BCUT2D eigenvalue weighted by Crippen LogP contribution is -2.37. The Labute approximate surface area is 136 Å². The Morgan fingerprint density at radius 3 is 1.86 bits per heavy atom. The van der Waals surface area contributed by atoms with Gasteiger partial charge in [-0.15, -0.1) is 0 Å². The summed E-state index contributed by atoms with van der Waals surface area (Å²) in [5, 5.41) is 0. The van der Waals surface area contributed by atoms with Crippen molar-refractivity contribution in [3.8, 4) is 0 Å².